The second-order valence-electron chi connectivity index (χ2n) is 7.01. The van der Waals surface area contributed by atoms with Crippen LogP contribution in [0.3, 0.4) is 0 Å². The molecule has 2 N–H and O–H groups in total. The molecule has 0 radical (unpaired) electrons. The Kier molecular flexibility index (Phi) is 6.94. The second kappa shape index (κ2) is 9.41. The van der Waals surface area contributed by atoms with Crippen LogP contribution in [0.15, 0.2) is 42.5 Å². The lowest BCUT2D eigenvalue weighted by Crippen LogP contribution is -2.41. The monoisotopic (exact) mass is 419 g/mol. The summed E-state index contributed by atoms with van der Waals surface area (Å²) in [5.41, 5.74) is 2.11. The standard InChI is InChI=1S/C21H23Cl2N3O2/c1-14-7-8-17(22)20(19(14)23)25-18(27)13-26-11-9-15(10-12-26)21(28)24-16-5-3-2-4-6-16/h2-8,15H,9-13H2,1H3,(H,24,28)(H,25,27). The normalized spacial score (nSPS) is 15.2. The van der Waals surface area contributed by atoms with Gasteiger partial charge in [0.15, 0.2) is 0 Å². The van der Waals surface area contributed by atoms with Crippen LogP contribution in [-0.4, -0.2) is 36.3 Å². The molecule has 0 bridgehead atoms. The molecule has 2 amide bonds. The Balaban J connectivity index is 1.48. The Morgan fingerprint density at radius 3 is 2.39 bits per heavy atom. The largest absolute Gasteiger partial charge is 0.326 e. The topological polar surface area (TPSA) is 61.4 Å². The quantitative estimate of drug-likeness (QED) is 0.744. The fourth-order valence-electron chi connectivity index (χ4n) is 3.27. The van der Waals surface area contributed by atoms with E-state index in [1.54, 1.807) is 6.07 Å². The zero-order valence-corrected chi connectivity index (χ0v) is 17.2. The van der Waals surface area contributed by atoms with Gasteiger partial charge in [-0.25, -0.2) is 0 Å². The summed E-state index contributed by atoms with van der Waals surface area (Å²) in [5, 5.41) is 6.63. The number of amides is 2. The first-order chi connectivity index (χ1) is 13.4. The van der Waals surface area contributed by atoms with Crippen molar-refractivity contribution < 1.29 is 9.59 Å². The number of halogens is 2. The van der Waals surface area contributed by atoms with Crippen molar-refractivity contribution in [3.05, 3.63) is 58.1 Å². The van der Waals surface area contributed by atoms with Crippen molar-refractivity contribution in [2.24, 2.45) is 5.92 Å². The Labute approximate surface area is 175 Å². The summed E-state index contributed by atoms with van der Waals surface area (Å²) in [4.78, 5) is 26.9. The SMILES string of the molecule is Cc1ccc(Cl)c(NC(=O)CN2CCC(C(=O)Nc3ccccc3)CC2)c1Cl. The molecule has 7 heteroatoms. The summed E-state index contributed by atoms with van der Waals surface area (Å²) in [6.45, 7) is 3.48. The first-order valence-electron chi connectivity index (χ1n) is 9.26. The predicted molar refractivity (Wildman–Crippen MR) is 114 cm³/mol. The molecular weight excluding hydrogens is 397 g/mol. The maximum absolute atomic E-state index is 12.4. The smallest absolute Gasteiger partial charge is 0.238 e. The summed E-state index contributed by atoms with van der Waals surface area (Å²) >= 11 is 12.4. The molecule has 0 atom stereocenters. The lowest BCUT2D eigenvalue weighted by molar-refractivity contribution is -0.121. The number of benzene rings is 2. The highest BCUT2D eigenvalue weighted by Crippen LogP contribution is 2.32. The molecule has 148 valence electrons. The lowest BCUT2D eigenvalue weighted by atomic mass is 9.96. The van der Waals surface area contributed by atoms with Gasteiger partial charge >= 0.3 is 0 Å². The number of rotatable bonds is 5. The van der Waals surface area contributed by atoms with Crippen molar-refractivity contribution in [2.45, 2.75) is 19.8 Å². The van der Waals surface area contributed by atoms with E-state index in [1.807, 2.05) is 48.2 Å². The third-order valence-corrected chi connectivity index (χ3v) is 5.72. The van der Waals surface area contributed by atoms with Crippen LogP contribution >= 0.6 is 23.2 Å². The maximum Gasteiger partial charge on any atom is 0.238 e. The zero-order valence-electron chi connectivity index (χ0n) is 15.7. The van der Waals surface area contributed by atoms with Gasteiger partial charge in [-0.1, -0.05) is 47.5 Å². The van der Waals surface area contributed by atoms with Gasteiger partial charge in [0, 0.05) is 11.6 Å². The van der Waals surface area contributed by atoms with E-state index in [0.29, 0.717) is 28.8 Å². The number of anilines is 2. The summed E-state index contributed by atoms with van der Waals surface area (Å²) < 4.78 is 0. The molecule has 3 rings (SSSR count). The molecule has 1 saturated heterocycles. The van der Waals surface area contributed by atoms with Crippen LogP contribution in [0.2, 0.25) is 10.0 Å². The van der Waals surface area contributed by atoms with Crippen LogP contribution in [0, 0.1) is 12.8 Å². The number of piperidine rings is 1. The van der Waals surface area contributed by atoms with Crippen molar-refractivity contribution in [2.75, 3.05) is 30.3 Å². The van der Waals surface area contributed by atoms with Crippen LogP contribution in [0.4, 0.5) is 11.4 Å². The van der Waals surface area contributed by atoms with Gasteiger partial charge < -0.3 is 10.6 Å². The van der Waals surface area contributed by atoms with Crippen LogP contribution in [-0.2, 0) is 9.59 Å². The van der Waals surface area contributed by atoms with E-state index < -0.39 is 0 Å². The highest BCUT2D eigenvalue weighted by Gasteiger charge is 2.26. The maximum atomic E-state index is 12.4. The van der Waals surface area contributed by atoms with Crippen LogP contribution in [0.25, 0.3) is 0 Å². The first-order valence-corrected chi connectivity index (χ1v) is 10.0. The van der Waals surface area contributed by atoms with Crippen molar-refractivity contribution in [3.8, 4) is 0 Å². The number of hydrogen-bond donors (Lipinski definition) is 2. The number of carbonyl (C=O) groups is 2. The van der Waals surface area contributed by atoms with E-state index >= 15 is 0 Å². The van der Waals surface area contributed by atoms with E-state index in [9.17, 15) is 9.59 Å². The van der Waals surface area contributed by atoms with Crippen LogP contribution in [0.1, 0.15) is 18.4 Å². The minimum absolute atomic E-state index is 0.0358. The van der Waals surface area contributed by atoms with Crippen LogP contribution < -0.4 is 10.6 Å². The second-order valence-corrected chi connectivity index (χ2v) is 7.79. The number of nitrogens with one attached hydrogen (secondary N) is 2. The fraction of sp³-hybridized carbons (Fsp3) is 0.333. The zero-order chi connectivity index (χ0) is 20.1. The van der Waals surface area contributed by atoms with Crippen molar-refractivity contribution in [1.29, 1.82) is 0 Å². The van der Waals surface area contributed by atoms with Crippen molar-refractivity contribution in [3.63, 3.8) is 0 Å². The minimum atomic E-state index is -0.165. The molecule has 5 nitrogen and oxygen atoms in total. The van der Waals surface area contributed by atoms with Gasteiger partial charge in [0.2, 0.25) is 11.8 Å². The van der Waals surface area contributed by atoms with Gasteiger partial charge in [0.05, 0.1) is 22.3 Å². The van der Waals surface area contributed by atoms with Crippen molar-refractivity contribution in [1.82, 2.24) is 4.90 Å². The number of likely N-dealkylation sites (tertiary alicyclic amines) is 1. The molecule has 0 aromatic heterocycles. The van der Waals surface area contributed by atoms with E-state index in [2.05, 4.69) is 10.6 Å². The van der Waals surface area contributed by atoms with E-state index in [-0.39, 0.29) is 24.3 Å². The molecule has 1 fully saturated rings. The Hall–Kier alpha value is -2.08. The lowest BCUT2D eigenvalue weighted by Gasteiger charge is -2.30. The number of carbonyl (C=O) groups excluding carboxylic acids is 2. The van der Waals surface area contributed by atoms with E-state index in [0.717, 1.165) is 24.1 Å². The third kappa shape index (κ3) is 5.25. The van der Waals surface area contributed by atoms with Gasteiger partial charge in [0.25, 0.3) is 0 Å². The Morgan fingerprint density at radius 1 is 1.04 bits per heavy atom. The summed E-state index contributed by atoms with van der Waals surface area (Å²) in [6, 6.07) is 13.0. The van der Waals surface area contributed by atoms with E-state index in [1.165, 1.54) is 0 Å². The summed E-state index contributed by atoms with van der Waals surface area (Å²) in [7, 11) is 0. The molecule has 0 saturated carbocycles. The van der Waals surface area contributed by atoms with Gasteiger partial charge in [-0.15, -0.1) is 0 Å². The molecule has 2 aromatic rings. The van der Waals surface area contributed by atoms with Crippen LogP contribution in [0.5, 0.6) is 0 Å². The van der Waals surface area contributed by atoms with Gasteiger partial charge in [-0.3, -0.25) is 14.5 Å². The average Bonchev–Trinajstić information content (AvgIpc) is 2.69. The Morgan fingerprint density at radius 2 is 1.71 bits per heavy atom. The summed E-state index contributed by atoms with van der Waals surface area (Å²) in [5.74, 6) is -0.171. The predicted octanol–water partition coefficient (Wildman–Crippen LogP) is 4.59. The molecule has 1 aliphatic heterocycles. The highest BCUT2D eigenvalue weighted by atomic mass is 35.5. The third-order valence-electron chi connectivity index (χ3n) is 4.92. The molecule has 0 aliphatic carbocycles. The highest BCUT2D eigenvalue weighted by molar-refractivity contribution is 6.40. The molecule has 1 aliphatic rings. The molecule has 0 unspecified atom stereocenters. The van der Waals surface area contributed by atoms with Gasteiger partial charge in [-0.2, -0.15) is 0 Å². The number of para-hydroxylation sites is 1. The summed E-state index contributed by atoms with van der Waals surface area (Å²) in [6.07, 6.45) is 1.44. The van der Waals surface area contributed by atoms with E-state index in [4.69, 9.17) is 23.2 Å². The fourth-order valence-corrected chi connectivity index (χ4v) is 3.74. The number of hydrogen-bond acceptors (Lipinski definition) is 3. The molecule has 0 spiro atoms. The van der Waals surface area contributed by atoms with Gasteiger partial charge in [-0.05, 0) is 56.6 Å². The van der Waals surface area contributed by atoms with Crippen molar-refractivity contribution >= 4 is 46.4 Å². The number of nitrogens with zero attached hydrogens (tertiary/aromatic N) is 1. The first kappa shape index (κ1) is 20.6. The Bertz CT molecular complexity index is 850. The van der Waals surface area contributed by atoms with Gasteiger partial charge in [0.1, 0.15) is 0 Å². The average molecular weight is 420 g/mol. The minimum Gasteiger partial charge on any atom is -0.326 e. The number of aryl methyl sites for hydroxylation is 1. The molecule has 1 heterocycles. The molecule has 28 heavy (non-hydrogen) atoms. The molecular formula is C21H23Cl2N3O2. The molecule has 2 aromatic carbocycles.